The first-order chi connectivity index (χ1) is 8.99. The van der Waals surface area contributed by atoms with Gasteiger partial charge < -0.3 is 10.4 Å². The van der Waals surface area contributed by atoms with Crippen LogP contribution >= 0.6 is 23.2 Å². The molecular weight excluding hydrogens is 288 g/mol. The Balaban J connectivity index is 2.31. The number of phenols is 1. The molecule has 2 aromatic carbocycles. The summed E-state index contributed by atoms with van der Waals surface area (Å²) in [5.41, 5.74) is 0.998. The number of rotatable bonds is 3. The highest BCUT2D eigenvalue weighted by molar-refractivity contribution is 6.39. The molecule has 0 saturated heterocycles. The van der Waals surface area contributed by atoms with Crippen molar-refractivity contribution in [3.63, 3.8) is 0 Å². The number of benzene rings is 2. The molecule has 1 atom stereocenters. The fourth-order valence-corrected chi connectivity index (χ4v) is 2.31. The number of aromatic hydroxyl groups is 1. The Hall–Kier alpha value is -1.45. The Labute approximate surface area is 120 Å². The van der Waals surface area contributed by atoms with E-state index in [0.29, 0.717) is 21.3 Å². The second-order valence-electron chi connectivity index (χ2n) is 4.17. The fraction of sp³-hybridized carbons (Fsp3) is 0.143. The molecule has 0 heterocycles. The summed E-state index contributed by atoms with van der Waals surface area (Å²) in [6, 6.07) is 8.60. The van der Waals surface area contributed by atoms with Gasteiger partial charge in [-0.3, -0.25) is 0 Å². The summed E-state index contributed by atoms with van der Waals surface area (Å²) in [6.07, 6.45) is 0. The Morgan fingerprint density at radius 2 is 1.79 bits per heavy atom. The van der Waals surface area contributed by atoms with Crippen molar-refractivity contribution in [2.24, 2.45) is 0 Å². The van der Waals surface area contributed by atoms with Crippen LogP contribution in [-0.2, 0) is 0 Å². The number of hydrogen-bond acceptors (Lipinski definition) is 2. The third-order valence-electron chi connectivity index (χ3n) is 2.78. The minimum atomic E-state index is -0.410. The molecule has 0 saturated carbocycles. The van der Waals surface area contributed by atoms with Crippen LogP contribution in [0.15, 0.2) is 36.4 Å². The van der Waals surface area contributed by atoms with Crippen LogP contribution in [0.3, 0.4) is 0 Å². The molecular formula is C14H12Cl2FNO. The molecule has 0 aliphatic heterocycles. The van der Waals surface area contributed by atoms with Gasteiger partial charge in [-0.1, -0.05) is 29.3 Å². The normalized spacial score (nSPS) is 12.2. The molecule has 2 nitrogen and oxygen atoms in total. The minimum Gasteiger partial charge on any atom is -0.508 e. The number of phenolic OH excluding ortho intramolecular Hbond substituents is 1. The van der Waals surface area contributed by atoms with Crippen molar-refractivity contribution in [3.05, 3.63) is 57.8 Å². The van der Waals surface area contributed by atoms with Gasteiger partial charge >= 0.3 is 0 Å². The molecule has 0 aliphatic rings. The molecule has 0 radical (unpaired) electrons. The predicted octanol–water partition coefficient (Wildman–Crippen LogP) is 5.01. The monoisotopic (exact) mass is 299 g/mol. The maximum atomic E-state index is 13.2. The maximum absolute atomic E-state index is 13.2. The molecule has 0 aliphatic carbocycles. The van der Waals surface area contributed by atoms with E-state index in [9.17, 15) is 9.50 Å². The number of para-hydroxylation sites is 1. The Bertz CT molecular complexity index is 584. The summed E-state index contributed by atoms with van der Waals surface area (Å²) in [5, 5.41) is 13.8. The van der Waals surface area contributed by atoms with Crippen molar-refractivity contribution in [2.45, 2.75) is 13.0 Å². The Kier molecular flexibility index (Phi) is 4.17. The van der Waals surface area contributed by atoms with Gasteiger partial charge in [0, 0.05) is 5.56 Å². The second kappa shape index (κ2) is 5.68. The summed E-state index contributed by atoms with van der Waals surface area (Å²) >= 11 is 12.1. The van der Waals surface area contributed by atoms with E-state index in [0.717, 1.165) is 0 Å². The highest BCUT2D eigenvalue weighted by atomic mass is 35.5. The highest BCUT2D eigenvalue weighted by Crippen LogP contribution is 2.34. The first-order valence-electron chi connectivity index (χ1n) is 5.68. The van der Waals surface area contributed by atoms with E-state index in [-0.39, 0.29) is 11.8 Å². The largest absolute Gasteiger partial charge is 0.508 e. The van der Waals surface area contributed by atoms with E-state index in [1.807, 2.05) is 0 Å². The van der Waals surface area contributed by atoms with Gasteiger partial charge in [-0.15, -0.1) is 0 Å². The van der Waals surface area contributed by atoms with Gasteiger partial charge in [0.1, 0.15) is 11.6 Å². The van der Waals surface area contributed by atoms with E-state index < -0.39 is 5.82 Å². The standard InChI is InChI=1S/C14H12Cl2FNO/c1-8(10-7-9(17)5-6-13(10)19)18-14-11(15)3-2-4-12(14)16/h2-8,18-19H,1H3. The lowest BCUT2D eigenvalue weighted by atomic mass is 10.1. The first-order valence-corrected chi connectivity index (χ1v) is 6.43. The quantitative estimate of drug-likeness (QED) is 0.835. The molecule has 0 spiro atoms. The highest BCUT2D eigenvalue weighted by Gasteiger charge is 2.14. The third kappa shape index (κ3) is 3.11. The van der Waals surface area contributed by atoms with Crippen molar-refractivity contribution < 1.29 is 9.50 Å². The van der Waals surface area contributed by atoms with Gasteiger partial charge in [0.2, 0.25) is 0 Å². The zero-order valence-corrected chi connectivity index (χ0v) is 11.6. The molecule has 0 amide bonds. The smallest absolute Gasteiger partial charge is 0.123 e. The summed E-state index contributed by atoms with van der Waals surface area (Å²) in [6.45, 7) is 1.79. The van der Waals surface area contributed by atoms with Gasteiger partial charge in [0.05, 0.1) is 21.8 Å². The van der Waals surface area contributed by atoms with E-state index in [1.165, 1.54) is 18.2 Å². The van der Waals surface area contributed by atoms with Crippen LogP contribution in [0, 0.1) is 5.82 Å². The molecule has 100 valence electrons. The van der Waals surface area contributed by atoms with Gasteiger partial charge in [-0.25, -0.2) is 4.39 Å². The number of halogens is 3. The molecule has 2 rings (SSSR count). The van der Waals surface area contributed by atoms with Gasteiger partial charge in [-0.05, 0) is 37.3 Å². The third-order valence-corrected chi connectivity index (χ3v) is 3.41. The van der Waals surface area contributed by atoms with Crippen molar-refractivity contribution in [1.29, 1.82) is 0 Å². The average molecular weight is 300 g/mol. The van der Waals surface area contributed by atoms with E-state index in [1.54, 1.807) is 25.1 Å². The average Bonchev–Trinajstić information content (AvgIpc) is 2.37. The predicted molar refractivity (Wildman–Crippen MR) is 76.6 cm³/mol. The molecule has 0 bridgehead atoms. The van der Waals surface area contributed by atoms with Gasteiger partial charge in [-0.2, -0.15) is 0 Å². The summed E-state index contributed by atoms with van der Waals surface area (Å²) in [5.74, 6) is -0.392. The van der Waals surface area contributed by atoms with Crippen molar-refractivity contribution >= 4 is 28.9 Å². The minimum absolute atomic E-state index is 0.0181. The lowest BCUT2D eigenvalue weighted by Gasteiger charge is -2.18. The lowest BCUT2D eigenvalue weighted by molar-refractivity contribution is 0.462. The summed E-state index contributed by atoms with van der Waals surface area (Å²) < 4.78 is 13.2. The summed E-state index contributed by atoms with van der Waals surface area (Å²) in [7, 11) is 0. The van der Waals surface area contributed by atoms with E-state index in [4.69, 9.17) is 23.2 Å². The molecule has 19 heavy (non-hydrogen) atoms. The molecule has 2 N–H and O–H groups in total. The van der Waals surface area contributed by atoms with Gasteiger partial charge in [0.15, 0.2) is 0 Å². The van der Waals surface area contributed by atoms with Gasteiger partial charge in [0.25, 0.3) is 0 Å². The van der Waals surface area contributed by atoms with Crippen molar-refractivity contribution in [1.82, 2.24) is 0 Å². The zero-order valence-electron chi connectivity index (χ0n) is 10.1. The zero-order chi connectivity index (χ0) is 14.0. The van der Waals surface area contributed by atoms with Crippen LogP contribution in [0.4, 0.5) is 10.1 Å². The van der Waals surface area contributed by atoms with Crippen LogP contribution in [0.5, 0.6) is 5.75 Å². The van der Waals surface area contributed by atoms with E-state index >= 15 is 0 Å². The van der Waals surface area contributed by atoms with Crippen LogP contribution < -0.4 is 5.32 Å². The molecule has 0 aromatic heterocycles. The maximum Gasteiger partial charge on any atom is 0.123 e. The first kappa shape index (κ1) is 14.0. The molecule has 2 aromatic rings. The number of hydrogen-bond donors (Lipinski definition) is 2. The summed E-state index contributed by atoms with van der Waals surface area (Å²) in [4.78, 5) is 0. The second-order valence-corrected chi connectivity index (χ2v) is 4.98. The topological polar surface area (TPSA) is 32.3 Å². The Morgan fingerprint density at radius 1 is 1.16 bits per heavy atom. The van der Waals surface area contributed by atoms with Crippen LogP contribution in [0.25, 0.3) is 0 Å². The van der Waals surface area contributed by atoms with Crippen LogP contribution in [0.1, 0.15) is 18.5 Å². The SMILES string of the molecule is CC(Nc1c(Cl)cccc1Cl)c1cc(F)ccc1O. The molecule has 1 unspecified atom stereocenters. The van der Waals surface area contributed by atoms with E-state index in [2.05, 4.69) is 5.32 Å². The van der Waals surface area contributed by atoms with Crippen molar-refractivity contribution in [2.75, 3.05) is 5.32 Å². The van der Waals surface area contributed by atoms with Crippen molar-refractivity contribution in [3.8, 4) is 5.75 Å². The Morgan fingerprint density at radius 3 is 2.42 bits per heavy atom. The number of anilines is 1. The lowest BCUT2D eigenvalue weighted by Crippen LogP contribution is -2.08. The fourth-order valence-electron chi connectivity index (χ4n) is 1.80. The molecule has 5 heteroatoms. The number of nitrogens with one attached hydrogen (secondary N) is 1. The van der Waals surface area contributed by atoms with Crippen LogP contribution in [-0.4, -0.2) is 5.11 Å². The van der Waals surface area contributed by atoms with Crippen LogP contribution in [0.2, 0.25) is 10.0 Å². The molecule has 0 fully saturated rings.